The Balaban J connectivity index is 1.90. The Bertz CT molecular complexity index is 872. The number of fused-ring (bicyclic) bond motifs is 2. The quantitative estimate of drug-likeness (QED) is 0.831. The number of nitrogens with zero attached hydrogens (tertiary/aromatic N) is 3. The molecular formula is C18H19FN4OS. The first-order chi connectivity index (χ1) is 11.9. The fourth-order valence-electron chi connectivity index (χ4n) is 3.69. The van der Waals surface area contributed by atoms with Crippen molar-refractivity contribution in [2.45, 2.75) is 31.5 Å². The average molecular weight is 358 g/mol. The number of Topliss-reactive ketones (excluding diaryl/α,β-unsaturated/α-hetero) is 1. The van der Waals surface area contributed by atoms with Gasteiger partial charge in [0, 0.05) is 12.1 Å². The molecule has 5 nitrogen and oxygen atoms in total. The maximum Gasteiger partial charge on any atom is 0.227 e. The van der Waals surface area contributed by atoms with Gasteiger partial charge in [0.05, 0.1) is 12.0 Å². The van der Waals surface area contributed by atoms with Gasteiger partial charge in [0.2, 0.25) is 11.1 Å². The Kier molecular flexibility index (Phi) is 3.72. The highest BCUT2D eigenvalue weighted by atomic mass is 32.2. The lowest BCUT2D eigenvalue weighted by atomic mass is 9.72. The molecule has 0 amide bonds. The van der Waals surface area contributed by atoms with E-state index in [0.29, 0.717) is 17.5 Å². The summed E-state index contributed by atoms with van der Waals surface area (Å²) in [6, 6.07) is 5.97. The number of nitrogens with one attached hydrogen (secondary N) is 1. The molecule has 2 aromatic rings. The van der Waals surface area contributed by atoms with Crippen LogP contribution in [0.2, 0.25) is 0 Å². The van der Waals surface area contributed by atoms with Crippen LogP contribution in [0, 0.1) is 17.2 Å². The summed E-state index contributed by atoms with van der Waals surface area (Å²) in [5, 5.41) is 8.48. The lowest BCUT2D eigenvalue weighted by Crippen LogP contribution is -2.42. The molecule has 2 heterocycles. The number of halogens is 1. The Morgan fingerprint density at radius 2 is 2.04 bits per heavy atom. The number of anilines is 1. The zero-order chi connectivity index (χ0) is 17.8. The minimum absolute atomic E-state index is 0.163. The summed E-state index contributed by atoms with van der Waals surface area (Å²) in [7, 11) is 0. The van der Waals surface area contributed by atoms with E-state index in [1.165, 1.54) is 23.9 Å². The predicted molar refractivity (Wildman–Crippen MR) is 94.9 cm³/mol. The number of benzene rings is 1. The second-order valence-corrected chi connectivity index (χ2v) is 7.97. The molecule has 1 N–H and O–H groups in total. The van der Waals surface area contributed by atoms with Gasteiger partial charge in [0.1, 0.15) is 11.6 Å². The average Bonchev–Trinajstić information content (AvgIpc) is 2.95. The second kappa shape index (κ2) is 5.69. The highest BCUT2D eigenvalue weighted by molar-refractivity contribution is 7.98. The number of ketones is 1. The SMILES string of the molecule is CSc1nc2n(n1)[C@@H](c1ccc(F)cc1)[C@@H]1C(=O)CC(C)(C)C=C1N2. The van der Waals surface area contributed by atoms with E-state index in [0.717, 1.165) is 11.3 Å². The fourth-order valence-corrected chi connectivity index (χ4v) is 4.03. The third-order valence-electron chi connectivity index (χ3n) is 4.70. The molecule has 0 fully saturated rings. The van der Waals surface area contributed by atoms with Gasteiger partial charge in [-0.15, -0.1) is 5.10 Å². The van der Waals surface area contributed by atoms with E-state index in [1.807, 2.05) is 6.26 Å². The standard InChI is InChI=1S/C18H19FN4OS/c1-18(2)8-12-14(13(24)9-18)15(10-4-6-11(19)7-5-10)23-16(20-12)21-17(22-23)25-3/h4-8,14-15H,9H2,1-3H3,(H,20,21,22)/t14-,15-/m0/s1. The first-order valence-electron chi connectivity index (χ1n) is 8.16. The van der Waals surface area contributed by atoms with Crippen LogP contribution in [0.4, 0.5) is 10.3 Å². The topological polar surface area (TPSA) is 59.8 Å². The molecule has 1 aliphatic carbocycles. The Hall–Kier alpha value is -2.15. The number of aromatic nitrogens is 3. The van der Waals surface area contributed by atoms with Crippen molar-refractivity contribution in [3.8, 4) is 0 Å². The number of rotatable bonds is 2. The Labute approximate surface area is 149 Å². The molecule has 0 bridgehead atoms. The molecule has 1 aliphatic heterocycles. The molecular weight excluding hydrogens is 339 g/mol. The van der Waals surface area contributed by atoms with Crippen molar-refractivity contribution in [2.75, 3.05) is 11.6 Å². The van der Waals surface area contributed by atoms with E-state index < -0.39 is 0 Å². The van der Waals surface area contributed by atoms with Crippen molar-refractivity contribution in [1.82, 2.24) is 14.8 Å². The van der Waals surface area contributed by atoms with Gasteiger partial charge in [0.15, 0.2) is 0 Å². The van der Waals surface area contributed by atoms with Gasteiger partial charge < -0.3 is 5.32 Å². The molecule has 0 radical (unpaired) electrons. The summed E-state index contributed by atoms with van der Waals surface area (Å²) in [5.41, 5.74) is 1.52. The van der Waals surface area contributed by atoms with Gasteiger partial charge in [0.25, 0.3) is 0 Å². The van der Waals surface area contributed by atoms with Crippen molar-refractivity contribution in [1.29, 1.82) is 0 Å². The first kappa shape index (κ1) is 16.3. The van der Waals surface area contributed by atoms with Crippen LogP contribution in [0.15, 0.2) is 41.2 Å². The van der Waals surface area contributed by atoms with E-state index in [9.17, 15) is 9.18 Å². The lowest BCUT2D eigenvalue weighted by Gasteiger charge is -2.40. The van der Waals surface area contributed by atoms with Crippen molar-refractivity contribution in [3.05, 3.63) is 47.4 Å². The molecule has 25 heavy (non-hydrogen) atoms. The molecule has 0 spiro atoms. The van der Waals surface area contributed by atoms with E-state index in [4.69, 9.17) is 0 Å². The van der Waals surface area contributed by atoms with E-state index in [1.54, 1.807) is 16.8 Å². The predicted octanol–water partition coefficient (Wildman–Crippen LogP) is 3.65. The normalized spacial score (nSPS) is 24.2. The molecule has 1 aromatic carbocycles. The van der Waals surface area contributed by atoms with Crippen LogP contribution < -0.4 is 5.32 Å². The van der Waals surface area contributed by atoms with Crippen LogP contribution in [0.3, 0.4) is 0 Å². The number of hydrogen-bond acceptors (Lipinski definition) is 5. The van der Waals surface area contributed by atoms with Gasteiger partial charge in [-0.25, -0.2) is 9.07 Å². The summed E-state index contributed by atoms with van der Waals surface area (Å²) in [4.78, 5) is 17.5. The first-order valence-corrected chi connectivity index (χ1v) is 9.39. The van der Waals surface area contributed by atoms with Crippen molar-refractivity contribution in [2.24, 2.45) is 11.3 Å². The van der Waals surface area contributed by atoms with Crippen molar-refractivity contribution >= 4 is 23.5 Å². The molecule has 0 saturated carbocycles. The van der Waals surface area contributed by atoms with Gasteiger partial charge in [-0.3, -0.25) is 4.79 Å². The number of thioether (sulfide) groups is 1. The third-order valence-corrected chi connectivity index (χ3v) is 5.24. The highest BCUT2D eigenvalue weighted by Crippen LogP contribution is 2.45. The smallest absolute Gasteiger partial charge is 0.227 e. The zero-order valence-corrected chi connectivity index (χ0v) is 15.1. The molecule has 4 rings (SSSR count). The minimum Gasteiger partial charge on any atom is -0.328 e. The minimum atomic E-state index is -0.359. The largest absolute Gasteiger partial charge is 0.328 e. The summed E-state index contributed by atoms with van der Waals surface area (Å²) < 4.78 is 15.2. The van der Waals surface area contributed by atoms with Crippen LogP contribution >= 0.6 is 11.8 Å². The Morgan fingerprint density at radius 1 is 1.32 bits per heavy atom. The summed E-state index contributed by atoms with van der Waals surface area (Å²) in [5.74, 6) is 0.124. The van der Waals surface area contributed by atoms with Crippen molar-refractivity contribution in [3.63, 3.8) is 0 Å². The van der Waals surface area contributed by atoms with Crippen molar-refractivity contribution < 1.29 is 9.18 Å². The summed E-state index contributed by atoms with van der Waals surface area (Å²) in [6.45, 7) is 4.10. The number of carbonyl (C=O) groups is 1. The second-order valence-electron chi connectivity index (χ2n) is 7.20. The van der Waals surface area contributed by atoms with Crippen LogP contribution in [0.5, 0.6) is 0 Å². The van der Waals surface area contributed by atoms with Crippen LogP contribution in [0.25, 0.3) is 0 Å². The van der Waals surface area contributed by atoms with Gasteiger partial charge >= 0.3 is 0 Å². The van der Waals surface area contributed by atoms with E-state index in [-0.39, 0.29) is 29.0 Å². The summed E-state index contributed by atoms with van der Waals surface area (Å²) >= 11 is 1.45. The number of carbonyl (C=O) groups excluding carboxylic acids is 1. The molecule has 130 valence electrons. The van der Waals surface area contributed by atoms with E-state index in [2.05, 4.69) is 35.3 Å². The molecule has 2 atom stereocenters. The van der Waals surface area contributed by atoms with Gasteiger partial charge in [-0.1, -0.05) is 43.8 Å². The van der Waals surface area contributed by atoms with Gasteiger partial charge in [-0.2, -0.15) is 4.98 Å². The Morgan fingerprint density at radius 3 is 2.72 bits per heavy atom. The van der Waals surface area contributed by atoms with Crippen LogP contribution in [0.1, 0.15) is 31.9 Å². The molecule has 1 aromatic heterocycles. The highest BCUT2D eigenvalue weighted by Gasteiger charge is 2.45. The monoisotopic (exact) mass is 358 g/mol. The zero-order valence-electron chi connectivity index (χ0n) is 14.3. The molecule has 0 saturated heterocycles. The van der Waals surface area contributed by atoms with Gasteiger partial charge in [-0.05, 0) is 29.4 Å². The lowest BCUT2D eigenvalue weighted by molar-refractivity contribution is -0.125. The van der Waals surface area contributed by atoms with E-state index >= 15 is 0 Å². The number of allylic oxidation sites excluding steroid dienone is 2. The van der Waals surface area contributed by atoms with Crippen LogP contribution in [-0.4, -0.2) is 26.8 Å². The maximum atomic E-state index is 13.4. The molecule has 7 heteroatoms. The number of hydrogen-bond donors (Lipinski definition) is 1. The summed E-state index contributed by atoms with van der Waals surface area (Å²) in [6.07, 6.45) is 4.50. The molecule has 2 aliphatic rings. The third kappa shape index (κ3) is 2.76. The maximum absolute atomic E-state index is 13.4. The fraction of sp³-hybridized carbons (Fsp3) is 0.389. The van der Waals surface area contributed by atoms with Crippen LogP contribution in [-0.2, 0) is 4.79 Å². The molecule has 0 unspecified atom stereocenters.